The van der Waals surface area contributed by atoms with Crippen molar-refractivity contribution in [2.24, 2.45) is 11.3 Å². The summed E-state index contributed by atoms with van der Waals surface area (Å²) in [7, 11) is 0. The highest BCUT2D eigenvalue weighted by Crippen LogP contribution is 2.39. The van der Waals surface area contributed by atoms with E-state index in [-0.39, 0.29) is 0 Å². The van der Waals surface area contributed by atoms with E-state index in [1.165, 1.54) is 25.7 Å². The molecule has 1 aromatic heterocycles. The zero-order valence-electron chi connectivity index (χ0n) is 11.8. The van der Waals surface area contributed by atoms with Crippen LogP contribution >= 0.6 is 27.5 Å². The number of rotatable bonds is 2. The Morgan fingerprint density at radius 1 is 1.32 bits per heavy atom. The minimum Gasteiger partial charge on any atom is -0.381 e. The summed E-state index contributed by atoms with van der Waals surface area (Å²) in [6.45, 7) is 7.02. The van der Waals surface area contributed by atoms with Crippen molar-refractivity contribution in [3.63, 3.8) is 0 Å². The lowest BCUT2D eigenvalue weighted by atomic mass is 9.69. The minimum atomic E-state index is 0.342. The summed E-state index contributed by atoms with van der Waals surface area (Å²) < 4.78 is 0.849. The minimum absolute atomic E-state index is 0.342. The van der Waals surface area contributed by atoms with E-state index in [9.17, 15) is 0 Å². The van der Waals surface area contributed by atoms with Gasteiger partial charge < -0.3 is 5.32 Å². The standard InChI is InChI=1S/C15H22BrClN2/c1-15(2,3)11-6-4-5-7-13(11)19-10-8-12(16)14(17)18-9-10/h8-9,11,13,19H,4-7H2,1-3H3. The molecule has 0 saturated heterocycles. The number of anilines is 1. The molecular formula is C15H22BrClN2. The van der Waals surface area contributed by atoms with Crippen molar-refractivity contribution < 1.29 is 0 Å². The first-order chi connectivity index (χ1) is 8.88. The van der Waals surface area contributed by atoms with Gasteiger partial charge in [0, 0.05) is 6.04 Å². The fourth-order valence-corrected chi connectivity index (χ4v) is 3.51. The second kappa shape index (κ2) is 6.01. The summed E-state index contributed by atoms with van der Waals surface area (Å²) in [6.07, 6.45) is 7.03. The summed E-state index contributed by atoms with van der Waals surface area (Å²) in [5, 5.41) is 4.17. The maximum Gasteiger partial charge on any atom is 0.143 e. The van der Waals surface area contributed by atoms with Crippen molar-refractivity contribution in [2.45, 2.75) is 52.5 Å². The molecule has 0 aromatic carbocycles. The fraction of sp³-hybridized carbons (Fsp3) is 0.667. The first kappa shape index (κ1) is 15.1. The maximum atomic E-state index is 5.94. The number of nitrogens with zero attached hydrogens (tertiary/aromatic N) is 1. The van der Waals surface area contributed by atoms with Crippen LogP contribution in [0, 0.1) is 11.3 Å². The van der Waals surface area contributed by atoms with Gasteiger partial charge in [-0.05, 0) is 46.2 Å². The largest absolute Gasteiger partial charge is 0.381 e. The smallest absolute Gasteiger partial charge is 0.143 e. The van der Waals surface area contributed by atoms with Crippen LogP contribution in [0.25, 0.3) is 0 Å². The molecule has 106 valence electrons. The summed E-state index contributed by atoms with van der Waals surface area (Å²) in [5.74, 6) is 0.704. The third kappa shape index (κ3) is 3.85. The average molecular weight is 346 g/mol. The normalized spacial score (nSPS) is 24.3. The molecule has 0 amide bonds. The monoisotopic (exact) mass is 344 g/mol. The van der Waals surface area contributed by atoms with Gasteiger partial charge in [0.1, 0.15) is 5.15 Å². The van der Waals surface area contributed by atoms with Gasteiger partial charge in [-0.15, -0.1) is 0 Å². The van der Waals surface area contributed by atoms with Crippen LogP contribution in [0.5, 0.6) is 0 Å². The van der Waals surface area contributed by atoms with Gasteiger partial charge >= 0.3 is 0 Å². The molecule has 0 radical (unpaired) electrons. The lowest BCUT2D eigenvalue weighted by Gasteiger charge is -2.41. The van der Waals surface area contributed by atoms with Gasteiger partial charge in [0.05, 0.1) is 16.4 Å². The zero-order valence-corrected chi connectivity index (χ0v) is 14.2. The number of aromatic nitrogens is 1. The highest BCUT2D eigenvalue weighted by atomic mass is 79.9. The molecule has 0 bridgehead atoms. The van der Waals surface area contributed by atoms with Crippen molar-refractivity contribution in [1.82, 2.24) is 4.98 Å². The zero-order chi connectivity index (χ0) is 14.0. The van der Waals surface area contributed by atoms with Crippen LogP contribution in [0.3, 0.4) is 0 Å². The van der Waals surface area contributed by atoms with Crippen molar-refractivity contribution in [3.05, 3.63) is 21.9 Å². The lowest BCUT2D eigenvalue weighted by molar-refractivity contribution is 0.163. The topological polar surface area (TPSA) is 24.9 Å². The Morgan fingerprint density at radius 2 is 2.00 bits per heavy atom. The summed E-state index contributed by atoms with van der Waals surface area (Å²) in [6, 6.07) is 2.55. The number of pyridine rings is 1. The lowest BCUT2D eigenvalue weighted by Crippen LogP contribution is -2.39. The van der Waals surface area contributed by atoms with E-state index in [1.54, 1.807) is 0 Å². The third-order valence-electron chi connectivity index (χ3n) is 4.03. The average Bonchev–Trinajstić information content (AvgIpc) is 2.33. The third-order valence-corrected chi connectivity index (χ3v) is 5.16. The van der Waals surface area contributed by atoms with Crippen molar-refractivity contribution in [2.75, 3.05) is 5.32 Å². The molecule has 1 fully saturated rings. The van der Waals surface area contributed by atoms with E-state index in [0.717, 1.165) is 10.2 Å². The molecule has 1 aliphatic rings. The molecule has 0 spiro atoms. The van der Waals surface area contributed by atoms with Gasteiger partial charge in [0.2, 0.25) is 0 Å². The van der Waals surface area contributed by atoms with E-state index >= 15 is 0 Å². The Hall–Kier alpha value is -0.280. The number of nitrogens with one attached hydrogen (secondary N) is 1. The van der Waals surface area contributed by atoms with E-state index in [4.69, 9.17) is 11.6 Å². The van der Waals surface area contributed by atoms with Crippen LogP contribution in [0.2, 0.25) is 5.15 Å². The molecule has 0 aliphatic heterocycles. The number of hydrogen-bond donors (Lipinski definition) is 1. The second-order valence-electron chi connectivity index (χ2n) is 6.50. The molecular weight excluding hydrogens is 324 g/mol. The molecule has 1 saturated carbocycles. The maximum absolute atomic E-state index is 5.94. The van der Waals surface area contributed by atoms with Gasteiger partial charge in [-0.2, -0.15) is 0 Å². The van der Waals surface area contributed by atoms with Crippen molar-refractivity contribution >= 4 is 33.2 Å². The van der Waals surface area contributed by atoms with Crippen LogP contribution < -0.4 is 5.32 Å². The predicted molar refractivity (Wildman–Crippen MR) is 85.8 cm³/mol. The number of hydrogen-bond acceptors (Lipinski definition) is 2. The summed E-state index contributed by atoms with van der Waals surface area (Å²) in [5.41, 5.74) is 1.40. The Morgan fingerprint density at radius 3 is 2.63 bits per heavy atom. The van der Waals surface area contributed by atoms with Crippen LogP contribution in [0.15, 0.2) is 16.7 Å². The quantitative estimate of drug-likeness (QED) is 0.714. The van der Waals surface area contributed by atoms with Crippen molar-refractivity contribution in [3.8, 4) is 0 Å². The van der Waals surface area contributed by atoms with Gasteiger partial charge in [-0.1, -0.05) is 45.2 Å². The highest BCUT2D eigenvalue weighted by Gasteiger charge is 2.34. The number of halogens is 2. The molecule has 2 nitrogen and oxygen atoms in total. The summed E-state index contributed by atoms with van der Waals surface area (Å²) >= 11 is 9.37. The molecule has 1 aromatic rings. The van der Waals surface area contributed by atoms with Crippen LogP contribution in [0.4, 0.5) is 5.69 Å². The Balaban J connectivity index is 2.13. The molecule has 2 rings (SSSR count). The molecule has 1 N–H and O–H groups in total. The molecule has 4 heteroatoms. The highest BCUT2D eigenvalue weighted by molar-refractivity contribution is 9.10. The van der Waals surface area contributed by atoms with Gasteiger partial charge in [0.25, 0.3) is 0 Å². The van der Waals surface area contributed by atoms with E-state index in [1.807, 2.05) is 12.3 Å². The SMILES string of the molecule is CC(C)(C)C1CCCCC1Nc1cnc(Cl)c(Br)c1. The van der Waals surface area contributed by atoms with Gasteiger partial charge in [-0.25, -0.2) is 4.98 Å². The predicted octanol–water partition coefficient (Wildman–Crippen LogP) is 5.51. The first-order valence-corrected chi connectivity index (χ1v) is 8.12. The Bertz CT molecular complexity index is 442. The van der Waals surface area contributed by atoms with Crippen LogP contribution in [-0.2, 0) is 0 Å². The molecule has 1 heterocycles. The Labute approximate surface area is 129 Å². The van der Waals surface area contributed by atoms with Crippen molar-refractivity contribution in [1.29, 1.82) is 0 Å². The van der Waals surface area contributed by atoms with Crippen LogP contribution in [-0.4, -0.2) is 11.0 Å². The fourth-order valence-electron chi connectivity index (χ4n) is 3.05. The molecule has 19 heavy (non-hydrogen) atoms. The van der Waals surface area contributed by atoms with Gasteiger partial charge in [0.15, 0.2) is 0 Å². The Kier molecular flexibility index (Phi) is 4.78. The van der Waals surface area contributed by atoms with E-state index < -0.39 is 0 Å². The van der Waals surface area contributed by atoms with Gasteiger partial charge in [-0.3, -0.25) is 0 Å². The summed E-state index contributed by atoms with van der Waals surface area (Å²) in [4.78, 5) is 4.19. The molecule has 2 atom stereocenters. The molecule has 2 unspecified atom stereocenters. The van der Waals surface area contributed by atoms with Crippen LogP contribution in [0.1, 0.15) is 46.5 Å². The van der Waals surface area contributed by atoms with E-state index in [0.29, 0.717) is 22.5 Å². The second-order valence-corrected chi connectivity index (χ2v) is 7.72. The van der Waals surface area contributed by atoms with E-state index in [2.05, 4.69) is 47.0 Å². The molecule has 1 aliphatic carbocycles. The first-order valence-electron chi connectivity index (χ1n) is 6.95.